The molecule has 2 atom stereocenters. The van der Waals surface area contributed by atoms with Gasteiger partial charge in [0.1, 0.15) is 0 Å². The molecule has 0 aromatic rings. The molecule has 26 heavy (non-hydrogen) atoms. The average Bonchev–Trinajstić information content (AvgIpc) is 2.64. The van der Waals surface area contributed by atoms with Gasteiger partial charge in [-0.25, -0.2) is 0 Å². The highest BCUT2D eigenvalue weighted by molar-refractivity contribution is 4.66. The van der Waals surface area contributed by atoms with Gasteiger partial charge in [0.25, 0.3) is 0 Å². The minimum Gasteiger partial charge on any atom is -0.0654 e. The molecule has 0 heteroatoms. The molecule has 0 fully saturated rings. The van der Waals surface area contributed by atoms with Crippen molar-refractivity contribution < 1.29 is 0 Å². The van der Waals surface area contributed by atoms with Crippen LogP contribution in [0.25, 0.3) is 0 Å². The zero-order valence-corrected chi connectivity index (χ0v) is 19.3. The molecule has 2 unspecified atom stereocenters. The van der Waals surface area contributed by atoms with Crippen molar-refractivity contribution in [2.45, 2.75) is 156 Å². The van der Waals surface area contributed by atoms with E-state index in [-0.39, 0.29) is 0 Å². The Kier molecular flexibility index (Phi) is 21.3. The van der Waals surface area contributed by atoms with Gasteiger partial charge in [0.05, 0.1) is 0 Å². The largest absolute Gasteiger partial charge is 0.0654 e. The molecule has 0 spiro atoms. The maximum absolute atomic E-state index is 2.53. The van der Waals surface area contributed by atoms with Crippen molar-refractivity contribution in [2.24, 2.45) is 11.8 Å². The summed E-state index contributed by atoms with van der Waals surface area (Å²) in [5.74, 6) is 1.98. The van der Waals surface area contributed by atoms with E-state index in [2.05, 4.69) is 27.7 Å². The van der Waals surface area contributed by atoms with Crippen molar-refractivity contribution in [3.05, 3.63) is 0 Å². The summed E-state index contributed by atoms with van der Waals surface area (Å²) in [6.07, 6.45) is 29.2. The average molecular weight is 367 g/mol. The fraction of sp³-hybridized carbons (Fsp3) is 1.00. The maximum Gasteiger partial charge on any atom is -0.0412 e. The lowest BCUT2D eigenvalue weighted by Crippen LogP contribution is -2.07. The van der Waals surface area contributed by atoms with E-state index in [9.17, 15) is 0 Å². The highest BCUT2D eigenvalue weighted by Crippen LogP contribution is 2.27. The Labute approximate surface area is 168 Å². The summed E-state index contributed by atoms with van der Waals surface area (Å²) < 4.78 is 0. The van der Waals surface area contributed by atoms with Crippen LogP contribution in [0.1, 0.15) is 156 Å². The van der Waals surface area contributed by atoms with Crippen LogP contribution in [0.2, 0.25) is 0 Å². The SMILES string of the molecule is CCCCCCCCC(CCCCCCC)CC(C)CCCCCCC. The summed E-state index contributed by atoms with van der Waals surface area (Å²) in [6.45, 7) is 9.49. The molecule has 0 aromatic heterocycles. The van der Waals surface area contributed by atoms with Crippen LogP contribution in [0.5, 0.6) is 0 Å². The van der Waals surface area contributed by atoms with E-state index in [1.165, 1.54) is 128 Å². The Morgan fingerprint density at radius 3 is 1.19 bits per heavy atom. The van der Waals surface area contributed by atoms with E-state index >= 15 is 0 Å². The maximum atomic E-state index is 2.53. The minimum absolute atomic E-state index is 0.956. The number of hydrogen-bond donors (Lipinski definition) is 0. The molecule has 0 radical (unpaired) electrons. The first-order valence-corrected chi connectivity index (χ1v) is 12.7. The topological polar surface area (TPSA) is 0 Å². The van der Waals surface area contributed by atoms with Gasteiger partial charge >= 0.3 is 0 Å². The standard InChI is InChI=1S/C26H54/c1-5-8-11-14-17-20-23-26(22-19-16-13-10-7-3)24-25(4)21-18-15-12-9-6-2/h25-26H,5-24H2,1-4H3. The van der Waals surface area contributed by atoms with Gasteiger partial charge in [-0.1, -0.05) is 150 Å². The monoisotopic (exact) mass is 366 g/mol. The highest BCUT2D eigenvalue weighted by Gasteiger charge is 2.13. The summed E-state index contributed by atoms with van der Waals surface area (Å²) >= 11 is 0. The van der Waals surface area contributed by atoms with Crippen LogP contribution >= 0.6 is 0 Å². The third-order valence-electron chi connectivity index (χ3n) is 6.22. The van der Waals surface area contributed by atoms with Crippen molar-refractivity contribution >= 4 is 0 Å². The third-order valence-corrected chi connectivity index (χ3v) is 6.22. The van der Waals surface area contributed by atoms with Crippen LogP contribution in [0.15, 0.2) is 0 Å². The first-order valence-electron chi connectivity index (χ1n) is 12.7. The van der Waals surface area contributed by atoms with Crippen LogP contribution in [-0.2, 0) is 0 Å². The van der Waals surface area contributed by atoms with E-state index in [1.807, 2.05) is 0 Å². The molecule has 0 N–H and O–H groups in total. The fourth-order valence-electron chi connectivity index (χ4n) is 4.41. The summed E-state index contributed by atoms with van der Waals surface area (Å²) in [5, 5.41) is 0. The first-order chi connectivity index (χ1) is 12.7. The lowest BCUT2D eigenvalue weighted by atomic mass is 9.85. The van der Waals surface area contributed by atoms with Gasteiger partial charge in [0.15, 0.2) is 0 Å². The number of unbranched alkanes of at least 4 members (excludes halogenated alkanes) is 13. The van der Waals surface area contributed by atoms with Gasteiger partial charge in [-0.3, -0.25) is 0 Å². The van der Waals surface area contributed by atoms with E-state index in [4.69, 9.17) is 0 Å². The zero-order valence-electron chi connectivity index (χ0n) is 19.3. The molecular formula is C26H54. The molecule has 0 heterocycles. The second-order valence-electron chi connectivity index (χ2n) is 9.17. The minimum atomic E-state index is 0.956. The Balaban J connectivity index is 3.96. The van der Waals surface area contributed by atoms with E-state index in [0.717, 1.165) is 11.8 Å². The van der Waals surface area contributed by atoms with Gasteiger partial charge < -0.3 is 0 Å². The predicted octanol–water partition coefficient (Wildman–Crippen LogP) is 10.1. The van der Waals surface area contributed by atoms with Crippen LogP contribution < -0.4 is 0 Å². The van der Waals surface area contributed by atoms with Gasteiger partial charge in [0.2, 0.25) is 0 Å². The molecule has 0 saturated heterocycles. The van der Waals surface area contributed by atoms with Gasteiger partial charge in [-0.05, 0) is 18.3 Å². The third kappa shape index (κ3) is 18.8. The number of rotatable bonds is 21. The van der Waals surface area contributed by atoms with Crippen LogP contribution in [0.3, 0.4) is 0 Å². The Morgan fingerprint density at radius 2 is 0.769 bits per heavy atom. The second-order valence-corrected chi connectivity index (χ2v) is 9.17. The Bertz CT molecular complexity index is 244. The Hall–Kier alpha value is 0. The molecule has 0 aromatic carbocycles. The van der Waals surface area contributed by atoms with Crippen LogP contribution in [0.4, 0.5) is 0 Å². The predicted molar refractivity (Wildman–Crippen MR) is 122 cm³/mol. The normalized spacial score (nSPS) is 13.8. The second kappa shape index (κ2) is 21.3. The van der Waals surface area contributed by atoms with Gasteiger partial charge in [0, 0.05) is 0 Å². The van der Waals surface area contributed by atoms with Crippen molar-refractivity contribution in [2.75, 3.05) is 0 Å². The molecule has 0 aliphatic heterocycles. The van der Waals surface area contributed by atoms with Crippen molar-refractivity contribution in [1.82, 2.24) is 0 Å². The quantitative estimate of drug-likeness (QED) is 0.177. The lowest BCUT2D eigenvalue weighted by molar-refractivity contribution is 0.313. The van der Waals surface area contributed by atoms with E-state index in [0.29, 0.717) is 0 Å². The summed E-state index contributed by atoms with van der Waals surface area (Å²) in [5.41, 5.74) is 0. The number of hydrogen-bond acceptors (Lipinski definition) is 0. The smallest absolute Gasteiger partial charge is 0.0412 e. The van der Waals surface area contributed by atoms with Crippen molar-refractivity contribution in [3.8, 4) is 0 Å². The van der Waals surface area contributed by atoms with Crippen LogP contribution in [0, 0.1) is 11.8 Å². The molecule has 158 valence electrons. The van der Waals surface area contributed by atoms with Crippen LogP contribution in [-0.4, -0.2) is 0 Å². The van der Waals surface area contributed by atoms with Crippen molar-refractivity contribution in [3.63, 3.8) is 0 Å². The Morgan fingerprint density at radius 1 is 0.423 bits per heavy atom. The molecular weight excluding hydrogens is 312 g/mol. The van der Waals surface area contributed by atoms with E-state index in [1.54, 1.807) is 0 Å². The fourth-order valence-corrected chi connectivity index (χ4v) is 4.41. The molecule has 0 rings (SSSR count). The highest BCUT2D eigenvalue weighted by atomic mass is 14.2. The summed E-state index contributed by atoms with van der Waals surface area (Å²) in [6, 6.07) is 0. The van der Waals surface area contributed by atoms with Gasteiger partial charge in [-0.15, -0.1) is 0 Å². The zero-order chi connectivity index (χ0) is 19.3. The molecule has 0 saturated carbocycles. The lowest BCUT2D eigenvalue weighted by Gasteiger charge is -2.21. The van der Waals surface area contributed by atoms with Gasteiger partial charge in [-0.2, -0.15) is 0 Å². The molecule has 0 bridgehead atoms. The summed E-state index contributed by atoms with van der Waals surface area (Å²) in [7, 11) is 0. The molecule has 0 aliphatic rings. The molecule has 0 aliphatic carbocycles. The van der Waals surface area contributed by atoms with E-state index < -0.39 is 0 Å². The molecule has 0 amide bonds. The van der Waals surface area contributed by atoms with Crippen molar-refractivity contribution in [1.29, 1.82) is 0 Å². The first kappa shape index (κ1) is 26.0. The molecule has 0 nitrogen and oxygen atoms in total. The summed E-state index contributed by atoms with van der Waals surface area (Å²) in [4.78, 5) is 0.